The van der Waals surface area contributed by atoms with Crippen LogP contribution in [-0.2, 0) is 14.3 Å². The summed E-state index contributed by atoms with van der Waals surface area (Å²) in [7, 11) is 1.49. The number of amides is 1. The molecular weight excluding hydrogens is 425 g/mol. The molecule has 3 aromatic carbocycles. The molecule has 0 aliphatic heterocycles. The van der Waals surface area contributed by atoms with E-state index in [-0.39, 0.29) is 18.6 Å². The van der Waals surface area contributed by atoms with Crippen molar-refractivity contribution in [3.05, 3.63) is 95.3 Å². The number of benzene rings is 3. The largest absolute Gasteiger partial charge is 0.495 e. The maximum Gasteiger partial charge on any atom is 0.307 e. The van der Waals surface area contributed by atoms with Crippen molar-refractivity contribution >= 4 is 23.3 Å². The predicted octanol–water partition coefficient (Wildman–Crippen LogP) is 5.03. The van der Waals surface area contributed by atoms with Crippen LogP contribution in [0.2, 0.25) is 0 Å². The van der Waals surface area contributed by atoms with Gasteiger partial charge in [0, 0.05) is 17.5 Å². The first-order chi connectivity index (χ1) is 15.9. The molecule has 0 saturated heterocycles. The number of rotatable bonds is 9. The van der Waals surface area contributed by atoms with Gasteiger partial charge >= 0.3 is 5.97 Å². The number of nitrogens with one attached hydrogen (secondary N) is 1. The number of carbonyl (C=O) groups excluding carboxylic acids is 3. The van der Waals surface area contributed by atoms with E-state index in [0.29, 0.717) is 22.6 Å². The van der Waals surface area contributed by atoms with Gasteiger partial charge in [0.1, 0.15) is 11.6 Å². The molecule has 33 heavy (non-hydrogen) atoms. The fourth-order valence-electron chi connectivity index (χ4n) is 3.20. The average Bonchev–Trinajstić information content (AvgIpc) is 2.82. The van der Waals surface area contributed by atoms with Crippen LogP contribution in [0.15, 0.2) is 72.8 Å². The van der Waals surface area contributed by atoms with E-state index in [1.165, 1.54) is 31.4 Å². The van der Waals surface area contributed by atoms with Crippen molar-refractivity contribution in [1.82, 2.24) is 0 Å². The van der Waals surface area contributed by atoms with Crippen LogP contribution in [0.25, 0.3) is 0 Å². The molecule has 0 aromatic heterocycles. The SMILES string of the molecule is COc1ccc(C)cc1NC(=O)[C@H](OC(=O)CCC(=O)c1ccc(F)cc1)c1ccccc1. The topological polar surface area (TPSA) is 81.7 Å². The highest BCUT2D eigenvalue weighted by Crippen LogP contribution is 2.28. The van der Waals surface area contributed by atoms with E-state index in [0.717, 1.165) is 5.56 Å². The van der Waals surface area contributed by atoms with Crippen molar-refractivity contribution in [3.63, 3.8) is 0 Å². The zero-order chi connectivity index (χ0) is 23.8. The van der Waals surface area contributed by atoms with E-state index >= 15 is 0 Å². The van der Waals surface area contributed by atoms with Crippen molar-refractivity contribution < 1.29 is 28.2 Å². The summed E-state index contributed by atoms with van der Waals surface area (Å²) in [5, 5.41) is 2.76. The van der Waals surface area contributed by atoms with E-state index in [1.54, 1.807) is 42.5 Å². The number of hydrogen-bond acceptors (Lipinski definition) is 5. The Morgan fingerprint density at radius 2 is 1.64 bits per heavy atom. The fraction of sp³-hybridized carbons (Fsp3) is 0.192. The molecule has 0 heterocycles. The molecule has 7 heteroatoms. The van der Waals surface area contributed by atoms with Crippen LogP contribution < -0.4 is 10.1 Å². The predicted molar refractivity (Wildman–Crippen MR) is 122 cm³/mol. The number of ether oxygens (including phenoxy) is 2. The second-order valence-corrected chi connectivity index (χ2v) is 7.40. The number of ketones is 1. The molecule has 3 rings (SSSR count). The summed E-state index contributed by atoms with van der Waals surface area (Å²) in [5.74, 6) is -1.56. The number of anilines is 1. The first kappa shape index (κ1) is 23.7. The standard InChI is InChI=1S/C26H24FNO5/c1-17-8-14-23(32-2)21(16-17)28-26(31)25(19-6-4-3-5-7-19)33-24(30)15-13-22(29)18-9-11-20(27)12-10-18/h3-12,14,16,25H,13,15H2,1-2H3,(H,28,31)/t25-/m1/s1. The quantitative estimate of drug-likeness (QED) is 0.366. The lowest BCUT2D eigenvalue weighted by Gasteiger charge is -2.19. The second kappa shape index (κ2) is 11.0. The lowest BCUT2D eigenvalue weighted by Crippen LogP contribution is -2.26. The fourth-order valence-corrected chi connectivity index (χ4v) is 3.20. The Balaban J connectivity index is 1.71. The summed E-state index contributed by atoms with van der Waals surface area (Å²) in [6.45, 7) is 1.88. The van der Waals surface area contributed by atoms with Gasteiger partial charge in [0.25, 0.3) is 5.91 Å². The molecule has 1 amide bonds. The third-order valence-electron chi connectivity index (χ3n) is 4.92. The van der Waals surface area contributed by atoms with Gasteiger partial charge in [-0.1, -0.05) is 36.4 Å². The number of esters is 1. The monoisotopic (exact) mass is 449 g/mol. The van der Waals surface area contributed by atoms with Crippen LogP contribution in [0.3, 0.4) is 0 Å². The summed E-state index contributed by atoms with van der Waals surface area (Å²) in [5.41, 5.74) is 2.15. The van der Waals surface area contributed by atoms with Gasteiger partial charge in [-0.05, 0) is 48.9 Å². The zero-order valence-electron chi connectivity index (χ0n) is 18.3. The highest BCUT2D eigenvalue weighted by Gasteiger charge is 2.26. The maximum atomic E-state index is 13.1. The average molecular weight is 449 g/mol. The number of methoxy groups -OCH3 is 1. The minimum absolute atomic E-state index is 0.126. The van der Waals surface area contributed by atoms with Crippen LogP contribution in [0.5, 0.6) is 5.75 Å². The molecule has 170 valence electrons. The molecule has 6 nitrogen and oxygen atoms in total. The first-order valence-electron chi connectivity index (χ1n) is 10.4. The Hall–Kier alpha value is -4.00. The van der Waals surface area contributed by atoms with E-state index in [2.05, 4.69) is 5.32 Å². The molecule has 0 radical (unpaired) electrons. The highest BCUT2D eigenvalue weighted by molar-refractivity contribution is 5.99. The number of aryl methyl sites for hydroxylation is 1. The zero-order valence-corrected chi connectivity index (χ0v) is 18.3. The van der Waals surface area contributed by atoms with E-state index < -0.39 is 23.8 Å². The van der Waals surface area contributed by atoms with Crippen LogP contribution in [0, 0.1) is 12.7 Å². The normalized spacial score (nSPS) is 11.4. The molecule has 0 fully saturated rings. The number of hydrogen-bond donors (Lipinski definition) is 1. The Labute approximate surface area is 191 Å². The van der Waals surface area contributed by atoms with E-state index in [1.807, 2.05) is 13.0 Å². The second-order valence-electron chi connectivity index (χ2n) is 7.40. The minimum Gasteiger partial charge on any atom is -0.495 e. The van der Waals surface area contributed by atoms with Crippen molar-refractivity contribution in [3.8, 4) is 5.75 Å². The minimum atomic E-state index is -1.22. The van der Waals surface area contributed by atoms with Gasteiger partial charge < -0.3 is 14.8 Å². The molecule has 0 aliphatic rings. The Morgan fingerprint density at radius 3 is 2.30 bits per heavy atom. The number of carbonyl (C=O) groups is 3. The molecule has 0 bridgehead atoms. The van der Waals surface area contributed by atoms with Gasteiger partial charge in [-0.3, -0.25) is 14.4 Å². The molecule has 0 aliphatic carbocycles. The first-order valence-corrected chi connectivity index (χ1v) is 10.4. The van der Waals surface area contributed by atoms with E-state index in [9.17, 15) is 18.8 Å². The van der Waals surface area contributed by atoms with Gasteiger partial charge in [0.15, 0.2) is 5.78 Å². The summed E-state index contributed by atoms with van der Waals surface area (Å²) < 4.78 is 23.8. The third kappa shape index (κ3) is 6.49. The molecule has 1 N–H and O–H groups in total. The molecule has 0 unspecified atom stereocenters. The summed E-state index contributed by atoms with van der Waals surface area (Å²) in [6, 6.07) is 19.0. The van der Waals surface area contributed by atoms with E-state index in [4.69, 9.17) is 9.47 Å². The van der Waals surface area contributed by atoms with Gasteiger partial charge in [0.2, 0.25) is 6.10 Å². The Morgan fingerprint density at radius 1 is 0.939 bits per heavy atom. The van der Waals surface area contributed by atoms with Gasteiger partial charge in [-0.15, -0.1) is 0 Å². The van der Waals surface area contributed by atoms with Crippen molar-refractivity contribution in [2.24, 2.45) is 0 Å². The lowest BCUT2D eigenvalue weighted by molar-refractivity contribution is -0.154. The van der Waals surface area contributed by atoms with Gasteiger partial charge in [-0.25, -0.2) is 4.39 Å². The smallest absolute Gasteiger partial charge is 0.307 e. The van der Waals surface area contributed by atoms with Crippen molar-refractivity contribution in [2.45, 2.75) is 25.9 Å². The Bertz CT molecular complexity index is 1130. The van der Waals surface area contributed by atoms with Gasteiger partial charge in [-0.2, -0.15) is 0 Å². The number of Topliss-reactive ketones (excluding diaryl/α,β-unsaturated/α-hetero) is 1. The summed E-state index contributed by atoms with van der Waals surface area (Å²) in [4.78, 5) is 37.9. The van der Waals surface area contributed by atoms with Crippen LogP contribution >= 0.6 is 0 Å². The summed E-state index contributed by atoms with van der Waals surface area (Å²) in [6.07, 6.45) is -1.57. The Kier molecular flexibility index (Phi) is 7.91. The maximum absolute atomic E-state index is 13.1. The molecule has 1 atom stereocenters. The van der Waals surface area contributed by atoms with Crippen molar-refractivity contribution in [2.75, 3.05) is 12.4 Å². The molecule has 0 spiro atoms. The lowest BCUT2D eigenvalue weighted by atomic mass is 10.1. The molecule has 0 saturated carbocycles. The van der Waals surface area contributed by atoms with Gasteiger partial charge in [0.05, 0.1) is 19.2 Å². The molecule has 3 aromatic rings. The molecular formula is C26H24FNO5. The highest BCUT2D eigenvalue weighted by atomic mass is 19.1. The van der Waals surface area contributed by atoms with Crippen LogP contribution in [-0.4, -0.2) is 24.8 Å². The number of halogens is 1. The third-order valence-corrected chi connectivity index (χ3v) is 4.92. The summed E-state index contributed by atoms with van der Waals surface area (Å²) >= 11 is 0. The van der Waals surface area contributed by atoms with Crippen molar-refractivity contribution in [1.29, 1.82) is 0 Å². The van der Waals surface area contributed by atoms with Crippen LogP contribution in [0.4, 0.5) is 10.1 Å². The van der Waals surface area contributed by atoms with Crippen LogP contribution in [0.1, 0.15) is 40.4 Å².